The molecule has 4 heteroatoms. The quantitative estimate of drug-likeness (QED) is 0.856. The van der Waals surface area contributed by atoms with E-state index in [0.717, 1.165) is 10.2 Å². The highest BCUT2D eigenvalue weighted by Crippen LogP contribution is 2.44. The normalized spacial score (nSPS) is 19.9. The van der Waals surface area contributed by atoms with Gasteiger partial charge in [0.25, 0.3) is 5.56 Å². The van der Waals surface area contributed by atoms with E-state index in [9.17, 15) is 4.79 Å². The van der Waals surface area contributed by atoms with Gasteiger partial charge in [0.1, 0.15) is 10.7 Å². The Hall–Kier alpha value is -1.16. The van der Waals surface area contributed by atoms with Gasteiger partial charge in [-0.25, -0.2) is 4.98 Å². The topological polar surface area (TPSA) is 45.8 Å². The Kier molecular flexibility index (Phi) is 3.01. The lowest BCUT2D eigenvalue weighted by molar-refractivity contribution is 0.226. The van der Waals surface area contributed by atoms with Crippen molar-refractivity contribution in [3.05, 3.63) is 27.1 Å². The molecular weight excluding hydrogens is 256 g/mol. The molecule has 3 nitrogen and oxygen atoms in total. The standard InChI is InChI=1S/C15H20N2OS/c1-9-16-13(18)11-8-12(19-14(11)17-9)10-4-6-15(2,3)7-5-10/h8,10H,4-7H2,1-3H3,(H,16,17,18). The van der Waals surface area contributed by atoms with Crippen molar-refractivity contribution in [1.82, 2.24) is 9.97 Å². The molecule has 0 atom stereocenters. The first-order chi connectivity index (χ1) is 8.94. The van der Waals surface area contributed by atoms with Crippen molar-refractivity contribution in [2.24, 2.45) is 5.41 Å². The van der Waals surface area contributed by atoms with Crippen LogP contribution in [0.4, 0.5) is 0 Å². The van der Waals surface area contributed by atoms with E-state index < -0.39 is 0 Å². The zero-order chi connectivity index (χ0) is 13.6. The van der Waals surface area contributed by atoms with Gasteiger partial charge in [-0.15, -0.1) is 11.3 Å². The average Bonchev–Trinajstić information content (AvgIpc) is 2.72. The van der Waals surface area contributed by atoms with Crippen LogP contribution in [0.2, 0.25) is 0 Å². The van der Waals surface area contributed by atoms with Crippen LogP contribution in [-0.2, 0) is 0 Å². The summed E-state index contributed by atoms with van der Waals surface area (Å²) < 4.78 is 0. The molecule has 0 unspecified atom stereocenters. The molecule has 0 saturated heterocycles. The zero-order valence-electron chi connectivity index (χ0n) is 11.7. The van der Waals surface area contributed by atoms with Gasteiger partial charge in [-0.05, 0) is 50.0 Å². The molecule has 1 aliphatic rings. The minimum absolute atomic E-state index is 0.00105. The number of rotatable bonds is 1. The number of fused-ring (bicyclic) bond motifs is 1. The number of nitrogens with zero attached hydrogens (tertiary/aromatic N) is 1. The van der Waals surface area contributed by atoms with E-state index in [4.69, 9.17) is 0 Å². The summed E-state index contributed by atoms with van der Waals surface area (Å²) >= 11 is 1.70. The lowest BCUT2D eigenvalue weighted by Gasteiger charge is -2.33. The van der Waals surface area contributed by atoms with Gasteiger partial charge in [-0.3, -0.25) is 4.79 Å². The predicted molar refractivity (Wildman–Crippen MR) is 80.0 cm³/mol. The van der Waals surface area contributed by atoms with Crippen LogP contribution in [0.25, 0.3) is 10.2 Å². The monoisotopic (exact) mass is 276 g/mol. The minimum atomic E-state index is 0.00105. The summed E-state index contributed by atoms with van der Waals surface area (Å²) in [6.45, 7) is 6.54. The van der Waals surface area contributed by atoms with E-state index in [1.54, 1.807) is 11.3 Å². The number of hydrogen-bond acceptors (Lipinski definition) is 3. The third kappa shape index (κ3) is 2.46. The molecule has 0 bridgehead atoms. The molecule has 0 aliphatic heterocycles. The summed E-state index contributed by atoms with van der Waals surface area (Å²) in [5.41, 5.74) is 0.487. The van der Waals surface area contributed by atoms with Crippen molar-refractivity contribution in [2.75, 3.05) is 0 Å². The Morgan fingerprint density at radius 3 is 2.74 bits per heavy atom. The largest absolute Gasteiger partial charge is 0.310 e. The first-order valence-electron chi connectivity index (χ1n) is 6.95. The number of thiophene rings is 1. The lowest BCUT2D eigenvalue weighted by atomic mass is 9.73. The SMILES string of the molecule is Cc1nc2sc(C3CCC(C)(C)CC3)cc2c(=O)[nH]1. The van der Waals surface area contributed by atoms with E-state index in [2.05, 4.69) is 29.9 Å². The Morgan fingerprint density at radius 1 is 1.37 bits per heavy atom. The summed E-state index contributed by atoms with van der Waals surface area (Å²) in [7, 11) is 0. The molecule has 2 aromatic rings. The molecule has 2 heterocycles. The van der Waals surface area contributed by atoms with Crippen LogP contribution < -0.4 is 5.56 Å². The van der Waals surface area contributed by atoms with E-state index in [1.807, 2.05) is 6.92 Å². The van der Waals surface area contributed by atoms with Gasteiger partial charge in [0, 0.05) is 4.88 Å². The van der Waals surface area contributed by atoms with Crippen LogP contribution in [0.3, 0.4) is 0 Å². The Morgan fingerprint density at radius 2 is 2.05 bits per heavy atom. The third-order valence-corrected chi connectivity index (χ3v) is 5.47. The molecule has 19 heavy (non-hydrogen) atoms. The van der Waals surface area contributed by atoms with Gasteiger partial charge in [-0.1, -0.05) is 13.8 Å². The van der Waals surface area contributed by atoms with Gasteiger partial charge in [0.2, 0.25) is 0 Å². The average molecular weight is 276 g/mol. The highest BCUT2D eigenvalue weighted by Gasteiger charge is 2.28. The number of aromatic nitrogens is 2. The van der Waals surface area contributed by atoms with E-state index in [0.29, 0.717) is 17.2 Å². The van der Waals surface area contributed by atoms with Gasteiger partial charge in [-0.2, -0.15) is 0 Å². The molecule has 1 saturated carbocycles. The lowest BCUT2D eigenvalue weighted by Crippen LogP contribution is -2.19. The fourth-order valence-corrected chi connectivity index (χ4v) is 4.19. The maximum absolute atomic E-state index is 11.9. The van der Waals surface area contributed by atoms with Gasteiger partial charge in [0.05, 0.1) is 5.39 Å². The molecule has 2 aromatic heterocycles. The zero-order valence-corrected chi connectivity index (χ0v) is 12.6. The smallest absolute Gasteiger partial charge is 0.259 e. The van der Waals surface area contributed by atoms with E-state index >= 15 is 0 Å². The molecule has 1 fully saturated rings. The van der Waals surface area contributed by atoms with Crippen LogP contribution in [0, 0.1) is 12.3 Å². The van der Waals surface area contributed by atoms with E-state index in [1.165, 1.54) is 30.6 Å². The second kappa shape index (κ2) is 4.44. The molecule has 0 spiro atoms. The van der Waals surface area contributed by atoms with Crippen LogP contribution in [-0.4, -0.2) is 9.97 Å². The van der Waals surface area contributed by atoms with Crippen molar-refractivity contribution in [1.29, 1.82) is 0 Å². The summed E-state index contributed by atoms with van der Waals surface area (Å²) in [5, 5.41) is 0.760. The van der Waals surface area contributed by atoms with Gasteiger partial charge in [0.15, 0.2) is 0 Å². The summed E-state index contributed by atoms with van der Waals surface area (Å²) in [6.07, 6.45) is 5.01. The number of H-pyrrole nitrogens is 1. The Labute approximate surface area is 117 Å². The number of nitrogens with one attached hydrogen (secondary N) is 1. The second-order valence-corrected chi connectivity index (χ2v) is 7.52. The van der Waals surface area contributed by atoms with E-state index in [-0.39, 0.29) is 5.56 Å². The van der Waals surface area contributed by atoms with Crippen molar-refractivity contribution >= 4 is 21.6 Å². The fraction of sp³-hybridized carbons (Fsp3) is 0.600. The highest BCUT2D eigenvalue weighted by atomic mass is 32.1. The third-order valence-electron chi connectivity index (χ3n) is 4.28. The molecule has 102 valence electrons. The first kappa shape index (κ1) is 12.9. The maximum atomic E-state index is 11.9. The molecule has 1 N–H and O–H groups in total. The highest BCUT2D eigenvalue weighted by molar-refractivity contribution is 7.18. The minimum Gasteiger partial charge on any atom is -0.310 e. The summed E-state index contributed by atoms with van der Waals surface area (Å²) in [6, 6.07) is 2.06. The predicted octanol–water partition coefficient (Wildman–Crippen LogP) is 3.98. The number of aryl methyl sites for hydroxylation is 1. The van der Waals surface area contributed by atoms with Crippen molar-refractivity contribution < 1.29 is 0 Å². The van der Waals surface area contributed by atoms with Crippen LogP contribution in [0.5, 0.6) is 0 Å². The van der Waals surface area contributed by atoms with Crippen molar-refractivity contribution in [3.8, 4) is 0 Å². The molecule has 0 amide bonds. The molecule has 0 aromatic carbocycles. The van der Waals surface area contributed by atoms with Crippen LogP contribution >= 0.6 is 11.3 Å². The van der Waals surface area contributed by atoms with Crippen LogP contribution in [0.1, 0.15) is 56.2 Å². The Bertz CT molecular complexity index is 658. The van der Waals surface area contributed by atoms with Gasteiger partial charge >= 0.3 is 0 Å². The second-order valence-electron chi connectivity index (χ2n) is 6.46. The molecule has 3 rings (SSSR count). The molecular formula is C15H20N2OS. The van der Waals surface area contributed by atoms with Crippen molar-refractivity contribution in [2.45, 2.75) is 52.4 Å². The maximum Gasteiger partial charge on any atom is 0.259 e. The first-order valence-corrected chi connectivity index (χ1v) is 7.77. The summed E-state index contributed by atoms with van der Waals surface area (Å²) in [5.74, 6) is 1.32. The van der Waals surface area contributed by atoms with Crippen molar-refractivity contribution in [3.63, 3.8) is 0 Å². The molecule has 1 aliphatic carbocycles. The summed E-state index contributed by atoms with van der Waals surface area (Å²) in [4.78, 5) is 21.4. The molecule has 0 radical (unpaired) electrons. The van der Waals surface area contributed by atoms with Crippen LogP contribution in [0.15, 0.2) is 10.9 Å². The van der Waals surface area contributed by atoms with Gasteiger partial charge < -0.3 is 4.98 Å². The Balaban J connectivity index is 1.94. The fourth-order valence-electron chi connectivity index (χ4n) is 2.94. The number of aromatic amines is 1. The number of hydrogen-bond donors (Lipinski definition) is 1.